The first kappa shape index (κ1) is 18.1. The summed E-state index contributed by atoms with van der Waals surface area (Å²) in [5.41, 5.74) is 1.47. The molecule has 0 aliphatic heterocycles. The first-order valence-electron chi connectivity index (χ1n) is 8.09. The number of aryl methyl sites for hydroxylation is 1. The Morgan fingerprint density at radius 1 is 1.20 bits per heavy atom. The number of fused-ring (bicyclic) bond motifs is 1. The average molecular weight is 380 g/mol. The van der Waals surface area contributed by atoms with Crippen LogP contribution < -0.4 is 10.1 Å². The van der Waals surface area contributed by atoms with E-state index in [9.17, 15) is 9.90 Å². The lowest BCUT2D eigenvalue weighted by Crippen LogP contribution is -2.47. The number of benzene rings is 2. The van der Waals surface area contributed by atoms with Crippen LogP contribution in [0.15, 0.2) is 42.5 Å². The van der Waals surface area contributed by atoms with Gasteiger partial charge in [0.2, 0.25) is 0 Å². The van der Waals surface area contributed by atoms with Crippen molar-refractivity contribution < 1.29 is 14.6 Å². The summed E-state index contributed by atoms with van der Waals surface area (Å²) in [6.07, 6.45) is 1.96. The van der Waals surface area contributed by atoms with Gasteiger partial charge in [0.15, 0.2) is 6.61 Å². The fourth-order valence-corrected chi connectivity index (χ4v) is 3.45. The predicted molar refractivity (Wildman–Crippen MR) is 98.4 cm³/mol. The fourth-order valence-electron chi connectivity index (χ4n) is 2.98. The van der Waals surface area contributed by atoms with Crippen molar-refractivity contribution in [2.75, 3.05) is 13.2 Å². The highest BCUT2D eigenvalue weighted by atomic mass is 35.5. The monoisotopic (exact) mass is 379 g/mol. The van der Waals surface area contributed by atoms with Crippen molar-refractivity contribution in [3.8, 4) is 5.75 Å². The normalized spacial score (nSPS) is 19.2. The number of halogens is 2. The van der Waals surface area contributed by atoms with Crippen LogP contribution in [0.5, 0.6) is 5.75 Å². The van der Waals surface area contributed by atoms with Crippen molar-refractivity contribution in [1.29, 1.82) is 0 Å². The van der Waals surface area contributed by atoms with Gasteiger partial charge in [0.1, 0.15) is 5.75 Å². The van der Waals surface area contributed by atoms with E-state index in [0.717, 1.165) is 12.0 Å². The van der Waals surface area contributed by atoms with E-state index >= 15 is 0 Å². The van der Waals surface area contributed by atoms with E-state index in [1.165, 1.54) is 5.56 Å². The third-order valence-corrected chi connectivity index (χ3v) is 4.90. The van der Waals surface area contributed by atoms with Gasteiger partial charge in [-0.2, -0.15) is 0 Å². The molecule has 0 aromatic heterocycles. The molecule has 25 heavy (non-hydrogen) atoms. The molecule has 0 radical (unpaired) electrons. The maximum Gasteiger partial charge on any atom is 0.258 e. The van der Waals surface area contributed by atoms with Crippen LogP contribution in [-0.2, 0) is 17.6 Å². The summed E-state index contributed by atoms with van der Waals surface area (Å²) in [5.74, 6) is 0.0878. The number of ether oxygens (including phenoxy) is 1. The van der Waals surface area contributed by atoms with Gasteiger partial charge in [-0.25, -0.2) is 0 Å². The van der Waals surface area contributed by atoms with Gasteiger partial charge >= 0.3 is 0 Å². The van der Waals surface area contributed by atoms with Crippen molar-refractivity contribution in [3.05, 3.63) is 63.6 Å². The summed E-state index contributed by atoms with van der Waals surface area (Å²) >= 11 is 11.8. The maximum atomic E-state index is 12.0. The van der Waals surface area contributed by atoms with Crippen LogP contribution >= 0.6 is 23.2 Å². The second kappa shape index (κ2) is 7.65. The Morgan fingerprint density at radius 3 is 2.72 bits per heavy atom. The largest absolute Gasteiger partial charge is 0.482 e. The molecular weight excluding hydrogens is 361 g/mol. The van der Waals surface area contributed by atoms with Crippen molar-refractivity contribution in [2.24, 2.45) is 0 Å². The van der Waals surface area contributed by atoms with E-state index < -0.39 is 5.60 Å². The minimum atomic E-state index is -0.929. The number of nitrogens with one attached hydrogen (secondary N) is 1. The van der Waals surface area contributed by atoms with Crippen molar-refractivity contribution in [1.82, 2.24) is 5.32 Å². The SMILES string of the molecule is O=C(COc1ccc(Cl)cc1Cl)NCC1(O)CCc2ccccc2C1. The second-order valence-electron chi connectivity index (χ2n) is 6.31. The summed E-state index contributed by atoms with van der Waals surface area (Å²) in [7, 11) is 0. The molecule has 0 heterocycles. The Hall–Kier alpha value is -1.75. The van der Waals surface area contributed by atoms with E-state index in [1.54, 1.807) is 18.2 Å². The van der Waals surface area contributed by atoms with Gasteiger partial charge in [0, 0.05) is 18.0 Å². The zero-order chi connectivity index (χ0) is 17.9. The quantitative estimate of drug-likeness (QED) is 0.836. The topological polar surface area (TPSA) is 58.6 Å². The third-order valence-electron chi connectivity index (χ3n) is 4.36. The highest BCUT2D eigenvalue weighted by molar-refractivity contribution is 6.35. The van der Waals surface area contributed by atoms with Crippen LogP contribution in [0.3, 0.4) is 0 Å². The van der Waals surface area contributed by atoms with E-state index in [2.05, 4.69) is 11.4 Å². The maximum absolute atomic E-state index is 12.0. The number of carbonyl (C=O) groups excluding carboxylic acids is 1. The molecule has 1 unspecified atom stereocenters. The molecule has 1 aliphatic rings. The molecule has 3 rings (SSSR count). The zero-order valence-corrected chi connectivity index (χ0v) is 15.1. The van der Waals surface area contributed by atoms with Crippen LogP contribution in [0.2, 0.25) is 10.0 Å². The number of rotatable bonds is 5. The van der Waals surface area contributed by atoms with Gasteiger partial charge in [0.05, 0.1) is 10.6 Å². The van der Waals surface area contributed by atoms with E-state index in [0.29, 0.717) is 28.6 Å². The van der Waals surface area contributed by atoms with Crippen LogP contribution in [0.25, 0.3) is 0 Å². The van der Waals surface area contributed by atoms with Crippen LogP contribution in [0, 0.1) is 0 Å². The fraction of sp³-hybridized carbons (Fsp3) is 0.316. The summed E-state index contributed by atoms with van der Waals surface area (Å²) in [5, 5.41) is 14.3. The molecule has 0 saturated carbocycles. The van der Waals surface area contributed by atoms with Crippen molar-refractivity contribution >= 4 is 29.1 Å². The smallest absolute Gasteiger partial charge is 0.258 e. The molecule has 1 amide bonds. The molecule has 6 heteroatoms. The summed E-state index contributed by atoms with van der Waals surface area (Å²) in [6.45, 7) is 0.0197. The summed E-state index contributed by atoms with van der Waals surface area (Å²) in [4.78, 5) is 12.0. The summed E-state index contributed by atoms with van der Waals surface area (Å²) in [6, 6.07) is 12.9. The first-order valence-corrected chi connectivity index (χ1v) is 8.84. The number of carbonyl (C=O) groups is 1. The average Bonchev–Trinajstić information content (AvgIpc) is 2.59. The molecule has 0 bridgehead atoms. The predicted octanol–water partition coefficient (Wildman–Crippen LogP) is 3.41. The van der Waals surface area contributed by atoms with Gasteiger partial charge in [-0.1, -0.05) is 47.5 Å². The first-order chi connectivity index (χ1) is 12.0. The van der Waals surface area contributed by atoms with E-state index in [4.69, 9.17) is 27.9 Å². The van der Waals surface area contributed by atoms with Crippen LogP contribution in [0.4, 0.5) is 0 Å². The van der Waals surface area contributed by atoms with Gasteiger partial charge in [-0.3, -0.25) is 4.79 Å². The molecule has 2 N–H and O–H groups in total. The Bertz CT molecular complexity index is 781. The molecule has 2 aromatic rings. The lowest BCUT2D eigenvalue weighted by molar-refractivity contribution is -0.124. The minimum absolute atomic E-state index is 0.173. The molecule has 4 nitrogen and oxygen atoms in total. The number of hydrogen-bond donors (Lipinski definition) is 2. The highest BCUT2D eigenvalue weighted by Gasteiger charge is 2.32. The Morgan fingerprint density at radius 2 is 1.96 bits per heavy atom. The molecule has 132 valence electrons. The Labute approximate surface area is 156 Å². The molecule has 0 fully saturated rings. The van der Waals surface area contributed by atoms with Crippen molar-refractivity contribution in [3.63, 3.8) is 0 Å². The summed E-state index contributed by atoms with van der Waals surface area (Å²) < 4.78 is 5.40. The zero-order valence-electron chi connectivity index (χ0n) is 13.6. The number of hydrogen-bond acceptors (Lipinski definition) is 3. The van der Waals surface area contributed by atoms with Crippen molar-refractivity contribution in [2.45, 2.75) is 24.9 Å². The van der Waals surface area contributed by atoms with Gasteiger partial charge in [-0.05, 0) is 42.2 Å². The van der Waals surface area contributed by atoms with Crippen LogP contribution in [-0.4, -0.2) is 29.8 Å². The second-order valence-corrected chi connectivity index (χ2v) is 7.15. The third kappa shape index (κ3) is 4.66. The van der Waals surface area contributed by atoms with Crippen LogP contribution in [0.1, 0.15) is 17.5 Å². The lowest BCUT2D eigenvalue weighted by atomic mass is 9.80. The molecule has 1 atom stereocenters. The minimum Gasteiger partial charge on any atom is -0.482 e. The van der Waals surface area contributed by atoms with E-state index in [1.807, 2.05) is 18.2 Å². The Kier molecular flexibility index (Phi) is 5.52. The van der Waals surface area contributed by atoms with Gasteiger partial charge < -0.3 is 15.2 Å². The van der Waals surface area contributed by atoms with Gasteiger partial charge in [-0.15, -0.1) is 0 Å². The number of amides is 1. The molecule has 0 saturated heterocycles. The van der Waals surface area contributed by atoms with E-state index in [-0.39, 0.29) is 19.1 Å². The Balaban J connectivity index is 1.50. The highest BCUT2D eigenvalue weighted by Crippen LogP contribution is 2.29. The molecule has 0 spiro atoms. The molecular formula is C19H19Cl2NO3. The standard InChI is InChI=1S/C19H19Cl2NO3/c20-15-5-6-17(16(21)9-15)25-11-18(23)22-12-19(24)8-7-13-3-1-2-4-14(13)10-19/h1-6,9,24H,7-8,10-12H2,(H,22,23). The van der Waals surface area contributed by atoms with Gasteiger partial charge in [0.25, 0.3) is 5.91 Å². The molecule has 2 aromatic carbocycles. The lowest BCUT2D eigenvalue weighted by Gasteiger charge is -2.33. The molecule has 1 aliphatic carbocycles. The number of aliphatic hydroxyl groups is 1.